The summed E-state index contributed by atoms with van der Waals surface area (Å²) in [5, 5.41) is 7.89. The third-order valence-electron chi connectivity index (χ3n) is 6.58. The molecule has 0 atom stereocenters. The Morgan fingerprint density at radius 2 is 1.76 bits per heavy atom. The van der Waals surface area contributed by atoms with Crippen molar-refractivity contribution < 1.29 is 9.59 Å². The van der Waals surface area contributed by atoms with Gasteiger partial charge in [0.1, 0.15) is 5.69 Å². The number of piperidine rings is 1. The summed E-state index contributed by atoms with van der Waals surface area (Å²) in [5.74, 6) is 0.513. The second-order valence-electron chi connectivity index (χ2n) is 9.32. The van der Waals surface area contributed by atoms with E-state index in [-0.39, 0.29) is 11.8 Å². The molecule has 5 rings (SSSR count). The van der Waals surface area contributed by atoms with Crippen molar-refractivity contribution >= 4 is 11.8 Å². The zero-order valence-electron chi connectivity index (χ0n) is 19.0. The van der Waals surface area contributed by atoms with Crippen LogP contribution >= 0.6 is 0 Å². The molecule has 6 heteroatoms. The van der Waals surface area contributed by atoms with Gasteiger partial charge in [-0.05, 0) is 56.7 Å². The quantitative estimate of drug-likeness (QED) is 0.616. The highest BCUT2D eigenvalue weighted by atomic mass is 16.2. The van der Waals surface area contributed by atoms with Crippen molar-refractivity contribution in [3.8, 4) is 16.9 Å². The first-order valence-corrected chi connectivity index (χ1v) is 11.9. The molecule has 1 saturated carbocycles. The lowest BCUT2D eigenvalue weighted by Crippen LogP contribution is -2.40. The molecule has 33 heavy (non-hydrogen) atoms. The van der Waals surface area contributed by atoms with E-state index in [1.165, 1.54) is 0 Å². The van der Waals surface area contributed by atoms with Crippen LogP contribution in [-0.4, -0.2) is 45.6 Å². The first-order valence-electron chi connectivity index (χ1n) is 11.9. The number of likely N-dealkylation sites (tertiary alicyclic amines) is 1. The molecule has 1 saturated heterocycles. The van der Waals surface area contributed by atoms with Crippen molar-refractivity contribution in [1.29, 1.82) is 0 Å². The van der Waals surface area contributed by atoms with Gasteiger partial charge in [-0.25, -0.2) is 4.68 Å². The third-order valence-corrected chi connectivity index (χ3v) is 6.58. The second kappa shape index (κ2) is 9.22. The molecule has 1 aliphatic carbocycles. The molecule has 2 aliphatic rings. The first-order chi connectivity index (χ1) is 16.1. The molecule has 2 amide bonds. The Morgan fingerprint density at radius 1 is 1.00 bits per heavy atom. The van der Waals surface area contributed by atoms with Crippen molar-refractivity contribution in [2.24, 2.45) is 5.92 Å². The molecule has 0 unspecified atom stereocenters. The van der Waals surface area contributed by atoms with E-state index < -0.39 is 0 Å². The van der Waals surface area contributed by atoms with Crippen LogP contribution in [0.4, 0.5) is 0 Å². The summed E-state index contributed by atoms with van der Waals surface area (Å²) < 4.78 is 1.79. The van der Waals surface area contributed by atoms with Gasteiger partial charge in [0, 0.05) is 37.3 Å². The normalized spacial score (nSPS) is 16.6. The van der Waals surface area contributed by atoms with E-state index in [1.807, 2.05) is 66.6 Å². The minimum absolute atomic E-state index is 0.00886. The van der Waals surface area contributed by atoms with Crippen LogP contribution in [0.3, 0.4) is 0 Å². The van der Waals surface area contributed by atoms with Crippen molar-refractivity contribution in [2.75, 3.05) is 13.1 Å². The van der Waals surface area contributed by atoms with E-state index in [1.54, 1.807) is 4.68 Å². The van der Waals surface area contributed by atoms with Gasteiger partial charge in [-0.2, -0.15) is 5.10 Å². The number of rotatable bonds is 6. The number of hydrogen-bond acceptors (Lipinski definition) is 3. The van der Waals surface area contributed by atoms with E-state index in [4.69, 9.17) is 5.10 Å². The van der Waals surface area contributed by atoms with Crippen molar-refractivity contribution in [2.45, 2.75) is 45.1 Å². The summed E-state index contributed by atoms with van der Waals surface area (Å²) in [6, 6.07) is 18.4. The monoisotopic (exact) mass is 442 g/mol. The van der Waals surface area contributed by atoms with Crippen LogP contribution in [0.5, 0.6) is 0 Å². The number of nitrogens with one attached hydrogen (secondary N) is 1. The predicted octanol–water partition coefficient (Wildman–Crippen LogP) is 4.37. The SMILES string of the molecule is Cc1cccc(-c2nn(-c3ccccc3)cc2C(=O)N2CCC(CC(=O)NC3CC3)CC2)c1. The molecule has 1 N–H and O–H groups in total. The van der Waals surface area contributed by atoms with Crippen LogP contribution < -0.4 is 5.32 Å². The number of carbonyl (C=O) groups excluding carboxylic acids is 2. The molecule has 0 spiro atoms. The van der Waals surface area contributed by atoms with Crippen LogP contribution in [0.15, 0.2) is 60.8 Å². The summed E-state index contributed by atoms with van der Waals surface area (Å²) in [6.07, 6.45) is 6.35. The number of hydrogen-bond donors (Lipinski definition) is 1. The number of benzene rings is 2. The fraction of sp³-hybridized carbons (Fsp3) is 0.370. The van der Waals surface area contributed by atoms with Gasteiger partial charge in [0.2, 0.25) is 5.91 Å². The van der Waals surface area contributed by atoms with E-state index in [0.717, 1.165) is 42.5 Å². The molecule has 3 aromatic rings. The number of para-hydroxylation sites is 1. The fourth-order valence-electron chi connectivity index (χ4n) is 4.54. The molecular weight excluding hydrogens is 412 g/mol. The number of carbonyl (C=O) groups is 2. The smallest absolute Gasteiger partial charge is 0.257 e. The largest absolute Gasteiger partial charge is 0.353 e. The number of aryl methyl sites for hydroxylation is 1. The van der Waals surface area contributed by atoms with Crippen LogP contribution in [-0.2, 0) is 4.79 Å². The molecule has 170 valence electrons. The highest BCUT2D eigenvalue weighted by Gasteiger charge is 2.29. The predicted molar refractivity (Wildman–Crippen MR) is 128 cm³/mol. The maximum absolute atomic E-state index is 13.6. The average Bonchev–Trinajstić information content (AvgIpc) is 3.53. The van der Waals surface area contributed by atoms with Gasteiger partial charge in [-0.1, -0.05) is 42.0 Å². The van der Waals surface area contributed by atoms with Crippen LogP contribution in [0.25, 0.3) is 16.9 Å². The summed E-state index contributed by atoms with van der Waals surface area (Å²) in [7, 11) is 0. The average molecular weight is 443 g/mol. The topological polar surface area (TPSA) is 67.2 Å². The van der Waals surface area contributed by atoms with E-state index >= 15 is 0 Å². The Hall–Kier alpha value is -3.41. The van der Waals surface area contributed by atoms with Gasteiger partial charge in [0.05, 0.1) is 11.3 Å². The molecule has 1 aliphatic heterocycles. The van der Waals surface area contributed by atoms with Crippen molar-refractivity contribution in [3.63, 3.8) is 0 Å². The number of aromatic nitrogens is 2. The molecule has 2 fully saturated rings. The van der Waals surface area contributed by atoms with Gasteiger partial charge in [0.25, 0.3) is 5.91 Å². The molecule has 2 aromatic carbocycles. The van der Waals surface area contributed by atoms with Gasteiger partial charge < -0.3 is 10.2 Å². The molecule has 2 heterocycles. The Bertz CT molecular complexity index is 1140. The Morgan fingerprint density at radius 3 is 2.45 bits per heavy atom. The number of nitrogens with zero attached hydrogens (tertiary/aromatic N) is 3. The zero-order valence-corrected chi connectivity index (χ0v) is 19.0. The maximum atomic E-state index is 13.6. The zero-order chi connectivity index (χ0) is 22.8. The van der Waals surface area contributed by atoms with Crippen LogP contribution in [0.1, 0.15) is 48.0 Å². The number of amides is 2. The molecule has 0 radical (unpaired) electrons. The third kappa shape index (κ3) is 5.00. The van der Waals surface area contributed by atoms with E-state index in [0.29, 0.717) is 42.7 Å². The minimum Gasteiger partial charge on any atom is -0.353 e. The highest BCUT2D eigenvalue weighted by molar-refractivity contribution is 6.00. The molecular formula is C27H30N4O2. The van der Waals surface area contributed by atoms with Crippen LogP contribution in [0.2, 0.25) is 0 Å². The van der Waals surface area contributed by atoms with E-state index in [2.05, 4.69) is 11.4 Å². The summed E-state index contributed by atoms with van der Waals surface area (Å²) >= 11 is 0. The Balaban J connectivity index is 1.35. The molecule has 0 bridgehead atoms. The lowest BCUT2D eigenvalue weighted by atomic mass is 9.92. The van der Waals surface area contributed by atoms with Crippen LogP contribution in [0, 0.1) is 12.8 Å². The van der Waals surface area contributed by atoms with Crippen molar-refractivity contribution in [3.05, 3.63) is 71.9 Å². The van der Waals surface area contributed by atoms with Gasteiger partial charge in [-0.3, -0.25) is 9.59 Å². The summed E-state index contributed by atoms with van der Waals surface area (Å²) in [6.45, 7) is 3.39. The lowest BCUT2D eigenvalue weighted by Gasteiger charge is -2.31. The van der Waals surface area contributed by atoms with Gasteiger partial charge in [0.15, 0.2) is 0 Å². The Kier molecular flexibility index (Phi) is 5.99. The first kappa shape index (κ1) is 21.4. The van der Waals surface area contributed by atoms with Crippen molar-refractivity contribution in [1.82, 2.24) is 20.0 Å². The standard InChI is InChI=1S/C27H30N4O2/c1-19-6-5-7-21(16-19)26-24(18-31(29-26)23-8-3-2-4-9-23)27(33)30-14-12-20(13-15-30)17-25(32)28-22-10-11-22/h2-9,16,18,20,22H,10-15,17H2,1H3,(H,28,32). The fourth-order valence-corrected chi connectivity index (χ4v) is 4.54. The summed E-state index contributed by atoms with van der Waals surface area (Å²) in [5.41, 5.74) is 4.32. The minimum atomic E-state index is 0.00886. The second-order valence-corrected chi connectivity index (χ2v) is 9.32. The molecule has 6 nitrogen and oxygen atoms in total. The molecule has 1 aromatic heterocycles. The Labute approximate surface area is 194 Å². The highest BCUT2D eigenvalue weighted by Crippen LogP contribution is 2.28. The van der Waals surface area contributed by atoms with E-state index in [9.17, 15) is 9.59 Å². The van der Waals surface area contributed by atoms with Gasteiger partial charge in [-0.15, -0.1) is 0 Å². The summed E-state index contributed by atoms with van der Waals surface area (Å²) in [4.78, 5) is 27.7. The lowest BCUT2D eigenvalue weighted by molar-refractivity contribution is -0.122. The maximum Gasteiger partial charge on any atom is 0.257 e. The van der Waals surface area contributed by atoms with Gasteiger partial charge >= 0.3 is 0 Å².